The van der Waals surface area contributed by atoms with Gasteiger partial charge in [-0.1, -0.05) is 6.92 Å². The van der Waals surface area contributed by atoms with Crippen LogP contribution in [0.3, 0.4) is 0 Å². The quantitative estimate of drug-likeness (QED) is 0.516. The number of hydrogen-bond acceptors (Lipinski definition) is 3. The summed E-state index contributed by atoms with van der Waals surface area (Å²) in [4.78, 5) is 21.6. The fraction of sp³-hybridized carbons (Fsp3) is 0.556. The van der Waals surface area contributed by atoms with Crippen LogP contribution in [0.1, 0.15) is 20.3 Å². The van der Waals surface area contributed by atoms with Crippen molar-refractivity contribution in [3.8, 4) is 0 Å². The fourth-order valence-corrected chi connectivity index (χ4v) is 0.605. The molecular weight excluding hydrogens is 170 g/mol. The molecule has 0 aromatic carbocycles. The van der Waals surface area contributed by atoms with Crippen molar-refractivity contribution in [1.29, 1.82) is 0 Å². The van der Waals surface area contributed by atoms with E-state index in [9.17, 15) is 9.59 Å². The third-order valence-electron chi connectivity index (χ3n) is 1.57. The van der Waals surface area contributed by atoms with E-state index in [1.54, 1.807) is 0 Å². The molecule has 0 aromatic rings. The summed E-state index contributed by atoms with van der Waals surface area (Å²) < 4.78 is 4.33. The monoisotopic (exact) mass is 185 g/mol. The molecular formula is C9H15NO3. The van der Waals surface area contributed by atoms with Crippen LogP contribution in [0.25, 0.3) is 0 Å². The van der Waals surface area contributed by atoms with Crippen LogP contribution in [0.5, 0.6) is 0 Å². The molecule has 74 valence electrons. The average Bonchev–Trinajstić information content (AvgIpc) is 2.13. The lowest BCUT2D eigenvalue weighted by molar-refractivity contribution is -0.135. The van der Waals surface area contributed by atoms with Crippen molar-refractivity contribution >= 4 is 11.9 Å². The number of carbonyl (C=O) groups is 2. The molecule has 0 bridgehead atoms. The first-order valence-electron chi connectivity index (χ1n) is 4.16. The number of carbonyl (C=O) groups excluding carboxylic acids is 2. The molecule has 0 saturated carbocycles. The number of esters is 1. The molecule has 0 aliphatic rings. The standard InChI is InChI=1S/C9H15NO3/c1-4-7(2)10-8(11)5-6-9(12)13-3/h5-7H,4H2,1-3H3,(H,10,11)/b6-5-. The second-order valence-corrected chi connectivity index (χ2v) is 2.67. The minimum atomic E-state index is -0.528. The van der Waals surface area contributed by atoms with Crippen LogP contribution in [0.15, 0.2) is 12.2 Å². The summed E-state index contributed by atoms with van der Waals surface area (Å²) in [6.45, 7) is 3.86. The molecule has 1 N–H and O–H groups in total. The molecule has 0 spiro atoms. The zero-order valence-corrected chi connectivity index (χ0v) is 8.16. The topological polar surface area (TPSA) is 55.4 Å². The largest absolute Gasteiger partial charge is 0.466 e. The number of nitrogens with one attached hydrogen (secondary N) is 1. The van der Waals surface area contributed by atoms with Gasteiger partial charge < -0.3 is 10.1 Å². The highest BCUT2D eigenvalue weighted by Crippen LogP contribution is 1.88. The Kier molecular flexibility index (Phi) is 5.59. The van der Waals surface area contributed by atoms with E-state index in [0.717, 1.165) is 18.6 Å². The van der Waals surface area contributed by atoms with Crippen molar-refractivity contribution in [2.75, 3.05) is 7.11 Å². The summed E-state index contributed by atoms with van der Waals surface area (Å²) in [5.41, 5.74) is 0. The van der Waals surface area contributed by atoms with Crippen LogP contribution >= 0.6 is 0 Å². The Bertz CT molecular complexity index is 211. The summed E-state index contributed by atoms with van der Waals surface area (Å²) >= 11 is 0. The number of rotatable bonds is 4. The minimum Gasteiger partial charge on any atom is -0.466 e. The zero-order chi connectivity index (χ0) is 10.3. The van der Waals surface area contributed by atoms with Gasteiger partial charge in [0.2, 0.25) is 5.91 Å². The molecule has 0 aliphatic heterocycles. The van der Waals surface area contributed by atoms with Gasteiger partial charge in [-0.05, 0) is 13.3 Å². The Morgan fingerprint density at radius 3 is 2.54 bits per heavy atom. The molecule has 0 heterocycles. The summed E-state index contributed by atoms with van der Waals surface area (Å²) in [5, 5.41) is 2.68. The lowest BCUT2D eigenvalue weighted by Gasteiger charge is -2.07. The summed E-state index contributed by atoms with van der Waals surface area (Å²) in [6.07, 6.45) is 3.12. The molecule has 4 nitrogen and oxygen atoms in total. The van der Waals surface area contributed by atoms with E-state index in [1.165, 1.54) is 7.11 Å². The van der Waals surface area contributed by atoms with Gasteiger partial charge in [0.15, 0.2) is 0 Å². The number of amides is 1. The number of methoxy groups -OCH3 is 1. The summed E-state index contributed by atoms with van der Waals surface area (Å²) in [7, 11) is 1.26. The van der Waals surface area contributed by atoms with Crippen molar-refractivity contribution in [2.45, 2.75) is 26.3 Å². The van der Waals surface area contributed by atoms with Crippen molar-refractivity contribution < 1.29 is 14.3 Å². The zero-order valence-electron chi connectivity index (χ0n) is 8.16. The van der Waals surface area contributed by atoms with E-state index in [0.29, 0.717) is 0 Å². The van der Waals surface area contributed by atoms with Crippen molar-refractivity contribution in [1.82, 2.24) is 5.32 Å². The number of hydrogen-bond donors (Lipinski definition) is 1. The molecule has 0 aliphatic carbocycles. The molecule has 1 unspecified atom stereocenters. The first-order chi connectivity index (χ1) is 6.10. The normalized spacial score (nSPS) is 12.5. The Hall–Kier alpha value is -1.32. The molecule has 0 aromatic heterocycles. The Balaban J connectivity index is 3.87. The molecule has 1 atom stereocenters. The highest BCUT2D eigenvalue weighted by molar-refractivity contribution is 5.94. The van der Waals surface area contributed by atoms with Gasteiger partial charge in [-0.25, -0.2) is 4.79 Å². The van der Waals surface area contributed by atoms with Crippen LogP contribution in [-0.4, -0.2) is 25.0 Å². The molecule has 0 saturated heterocycles. The van der Waals surface area contributed by atoms with Crippen LogP contribution in [-0.2, 0) is 14.3 Å². The number of ether oxygens (including phenoxy) is 1. The van der Waals surface area contributed by atoms with Gasteiger partial charge in [0.1, 0.15) is 0 Å². The highest BCUT2D eigenvalue weighted by Gasteiger charge is 2.01. The summed E-state index contributed by atoms with van der Waals surface area (Å²) in [5.74, 6) is -0.806. The summed E-state index contributed by atoms with van der Waals surface area (Å²) in [6, 6.07) is 0.120. The molecule has 0 fully saturated rings. The molecule has 1 amide bonds. The third kappa shape index (κ3) is 5.90. The Labute approximate surface area is 78.0 Å². The van der Waals surface area contributed by atoms with E-state index < -0.39 is 5.97 Å². The van der Waals surface area contributed by atoms with E-state index in [4.69, 9.17) is 0 Å². The van der Waals surface area contributed by atoms with E-state index in [-0.39, 0.29) is 11.9 Å². The smallest absolute Gasteiger partial charge is 0.330 e. The molecule has 4 heteroatoms. The van der Waals surface area contributed by atoms with Crippen LogP contribution < -0.4 is 5.32 Å². The second kappa shape index (κ2) is 6.22. The lowest BCUT2D eigenvalue weighted by Crippen LogP contribution is -2.30. The molecule has 0 radical (unpaired) electrons. The maximum Gasteiger partial charge on any atom is 0.330 e. The van der Waals surface area contributed by atoms with Crippen LogP contribution in [0.4, 0.5) is 0 Å². The Morgan fingerprint density at radius 1 is 1.46 bits per heavy atom. The van der Waals surface area contributed by atoms with Gasteiger partial charge in [-0.2, -0.15) is 0 Å². The van der Waals surface area contributed by atoms with Crippen LogP contribution in [0, 0.1) is 0 Å². The lowest BCUT2D eigenvalue weighted by atomic mass is 10.2. The predicted molar refractivity (Wildman–Crippen MR) is 49.1 cm³/mol. The molecule has 13 heavy (non-hydrogen) atoms. The average molecular weight is 185 g/mol. The van der Waals surface area contributed by atoms with Crippen molar-refractivity contribution in [3.05, 3.63) is 12.2 Å². The predicted octanol–water partition coefficient (Wildman–Crippen LogP) is 0.630. The first kappa shape index (κ1) is 11.7. The molecule has 0 rings (SSSR count). The SMILES string of the molecule is CCC(C)NC(=O)/C=C\C(=O)OC. The highest BCUT2D eigenvalue weighted by atomic mass is 16.5. The van der Waals surface area contributed by atoms with Gasteiger partial charge in [0.25, 0.3) is 0 Å². The maximum atomic E-state index is 11.0. The van der Waals surface area contributed by atoms with Gasteiger partial charge in [0, 0.05) is 18.2 Å². The van der Waals surface area contributed by atoms with Crippen molar-refractivity contribution in [2.24, 2.45) is 0 Å². The Morgan fingerprint density at radius 2 is 2.08 bits per heavy atom. The minimum absolute atomic E-state index is 0.120. The van der Waals surface area contributed by atoms with Crippen LogP contribution in [0.2, 0.25) is 0 Å². The fourth-order valence-electron chi connectivity index (χ4n) is 0.605. The first-order valence-corrected chi connectivity index (χ1v) is 4.16. The van der Waals surface area contributed by atoms with Gasteiger partial charge in [-0.3, -0.25) is 4.79 Å². The second-order valence-electron chi connectivity index (χ2n) is 2.67. The van der Waals surface area contributed by atoms with E-state index in [1.807, 2.05) is 13.8 Å². The van der Waals surface area contributed by atoms with Gasteiger partial charge >= 0.3 is 5.97 Å². The van der Waals surface area contributed by atoms with Crippen molar-refractivity contribution in [3.63, 3.8) is 0 Å². The maximum absolute atomic E-state index is 11.0. The van der Waals surface area contributed by atoms with E-state index >= 15 is 0 Å². The van der Waals surface area contributed by atoms with Gasteiger partial charge in [-0.15, -0.1) is 0 Å². The van der Waals surface area contributed by atoms with E-state index in [2.05, 4.69) is 10.1 Å². The third-order valence-corrected chi connectivity index (χ3v) is 1.57. The van der Waals surface area contributed by atoms with Gasteiger partial charge in [0.05, 0.1) is 7.11 Å².